The molecule has 0 unspecified atom stereocenters. The predicted molar refractivity (Wildman–Crippen MR) is 265 cm³/mol. The van der Waals surface area contributed by atoms with Crippen LogP contribution in [-0.4, -0.2) is 97.9 Å². The second kappa shape index (κ2) is 27.8. The van der Waals surface area contributed by atoms with Crippen molar-refractivity contribution in [2.45, 2.75) is 127 Å². The highest BCUT2D eigenvalue weighted by Crippen LogP contribution is 2.38. The number of ether oxygens (including phenoxy) is 6. The second-order valence-electron chi connectivity index (χ2n) is 18.0. The standard InChI is InChI=1S/C30H39NO7.C26H35NO5/c1-4-35-27(33)29(31-23(3)32,28(34)36-5-2)20-18-25-14-16-26(17-15-25)30(37-21-22-38-30)19-10-9-13-24-11-7-6-8-12-24;1-21(30)27-25(19-28,20-29)16-14-23-10-12-24(13-11-23)26(31-17-18-32-26)15-6-5-9-22-7-3-2-4-8-22/h6-8,11-12,14-17H,4-5,9-10,13,18-22H2,1-3H3,(H,31,32);2-4,7-8,10-13,28-29H,5-6,9,14-20H2,1H3,(H,27,30). The van der Waals surface area contributed by atoms with Crippen LogP contribution in [0.4, 0.5) is 0 Å². The van der Waals surface area contributed by atoms with Crippen LogP contribution in [0.3, 0.4) is 0 Å². The van der Waals surface area contributed by atoms with E-state index in [0.717, 1.165) is 73.6 Å². The fourth-order valence-corrected chi connectivity index (χ4v) is 9.03. The van der Waals surface area contributed by atoms with Crippen molar-refractivity contribution in [3.05, 3.63) is 143 Å². The third kappa shape index (κ3) is 15.8. The molecule has 2 fully saturated rings. The maximum atomic E-state index is 12.9. The lowest BCUT2D eigenvalue weighted by atomic mass is 9.90. The molecule has 0 aliphatic carbocycles. The SMILES string of the molecule is CC(=O)NC(CO)(CO)CCc1ccc(C2(CCCCc3ccccc3)OCCO2)cc1.CCOC(=O)C(CCc1ccc(C2(CCCCc3ccccc3)OCCO2)cc1)(NC(C)=O)C(=O)OCC. The summed E-state index contributed by atoms with van der Waals surface area (Å²) in [5.74, 6) is -3.91. The Morgan fingerprint density at radius 1 is 0.514 bits per heavy atom. The van der Waals surface area contributed by atoms with E-state index in [4.69, 9.17) is 28.4 Å². The Kier molecular flexibility index (Phi) is 22.0. The molecule has 14 heteroatoms. The van der Waals surface area contributed by atoms with Crippen molar-refractivity contribution < 1.29 is 57.8 Å². The van der Waals surface area contributed by atoms with Crippen LogP contribution in [0.25, 0.3) is 0 Å². The molecule has 0 atom stereocenters. The molecule has 0 saturated carbocycles. The lowest BCUT2D eigenvalue weighted by Crippen LogP contribution is -2.61. The summed E-state index contributed by atoms with van der Waals surface area (Å²) in [6.45, 7) is 7.71. The molecule has 4 aromatic carbocycles. The summed E-state index contributed by atoms with van der Waals surface area (Å²) in [7, 11) is 0. The number of nitrogens with one attached hydrogen (secondary N) is 2. The van der Waals surface area contributed by atoms with E-state index in [9.17, 15) is 29.4 Å². The van der Waals surface area contributed by atoms with Crippen LogP contribution >= 0.6 is 0 Å². The van der Waals surface area contributed by atoms with Gasteiger partial charge in [0, 0.05) is 37.8 Å². The molecule has 0 radical (unpaired) electrons. The quantitative estimate of drug-likeness (QED) is 0.0279. The molecule has 2 amide bonds. The van der Waals surface area contributed by atoms with Crippen molar-refractivity contribution in [3.8, 4) is 0 Å². The summed E-state index contributed by atoms with van der Waals surface area (Å²) in [5.41, 5.74) is 3.63. The van der Waals surface area contributed by atoms with E-state index in [1.165, 1.54) is 25.0 Å². The van der Waals surface area contributed by atoms with Crippen LogP contribution in [-0.2, 0) is 84.9 Å². The van der Waals surface area contributed by atoms with E-state index < -0.39 is 40.5 Å². The van der Waals surface area contributed by atoms with Crippen molar-refractivity contribution in [2.24, 2.45) is 0 Å². The second-order valence-corrected chi connectivity index (χ2v) is 18.0. The first kappa shape index (κ1) is 55.4. The van der Waals surface area contributed by atoms with E-state index in [-0.39, 0.29) is 38.8 Å². The number of benzene rings is 4. The largest absolute Gasteiger partial charge is 0.464 e. The highest BCUT2D eigenvalue weighted by Gasteiger charge is 2.50. The van der Waals surface area contributed by atoms with Crippen LogP contribution in [0.15, 0.2) is 109 Å². The summed E-state index contributed by atoms with van der Waals surface area (Å²) in [6, 6.07) is 36.8. The van der Waals surface area contributed by atoms with Crippen molar-refractivity contribution in [2.75, 3.05) is 52.9 Å². The molecule has 0 spiro atoms. The minimum absolute atomic E-state index is 0.00121. The first-order valence-electron chi connectivity index (χ1n) is 24.8. The molecule has 4 aromatic rings. The summed E-state index contributed by atoms with van der Waals surface area (Å²) < 4.78 is 34.7. The fraction of sp³-hybridized carbons (Fsp3) is 0.500. The zero-order valence-electron chi connectivity index (χ0n) is 41.5. The number of aliphatic hydroxyl groups excluding tert-OH is 2. The van der Waals surface area contributed by atoms with Gasteiger partial charge in [0.2, 0.25) is 17.4 Å². The number of carbonyl (C=O) groups excluding carboxylic acids is 4. The van der Waals surface area contributed by atoms with Gasteiger partial charge in [-0.25, -0.2) is 9.59 Å². The van der Waals surface area contributed by atoms with Gasteiger partial charge in [0.1, 0.15) is 0 Å². The van der Waals surface area contributed by atoms with Crippen molar-refractivity contribution in [1.29, 1.82) is 0 Å². The fourth-order valence-electron chi connectivity index (χ4n) is 9.03. The number of carbonyl (C=O) groups is 4. The van der Waals surface area contributed by atoms with Crippen LogP contribution < -0.4 is 10.6 Å². The van der Waals surface area contributed by atoms with Crippen LogP contribution in [0, 0.1) is 0 Å². The van der Waals surface area contributed by atoms with E-state index in [0.29, 0.717) is 45.7 Å². The van der Waals surface area contributed by atoms with Gasteiger partial charge in [-0.05, 0) is 100 Å². The minimum Gasteiger partial charge on any atom is -0.464 e. The topological polar surface area (TPSA) is 188 Å². The molecule has 14 nitrogen and oxygen atoms in total. The van der Waals surface area contributed by atoms with Gasteiger partial charge in [-0.3, -0.25) is 9.59 Å². The van der Waals surface area contributed by atoms with E-state index in [1.807, 2.05) is 60.7 Å². The Morgan fingerprint density at radius 3 is 1.24 bits per heavy atom. The molecule has 2 heterocycles. The third-order valence-electron chi connectivity index (χ3n) is 12.8. The molecule has 2 aliphatic rings. The summed E-state index contributed by atoms with van der Waals surface area (Å²) in [4.78, 5) is 49.1. The average molecular weight is 967 g/mol. The van der Waals surface area contributed by atoms with Gasteiger partial charge in [-0.1, -0.05) is 109 Å². The third-order valence-corrected chi connectivity index (χ3v) is 12.8. The molecule has 0 aromatic heterocycles. The lowest BCUT2D eigenvalue weighted by Gasteiger charge is -2.31. The van der Waals surface area contributed by atoms with Gasteiger partial charge in [0.15, 0.2) is 11.6 Å². The van der Waals surface area contributed by atoms with Crippen LogP contribution in [0.2, 0.25) is 0 Å². The molecule has 6 rings (SSSR count). The maximum Gasteiger partial charge on any atom is 0.343 e. The summed E-state index contributed by atoms with van der Waals surface area (Å²) >= 11 is 0. The highest BCUT2D eigenvalue weighted by atomic mass is 16.7. The van der Waals surface area contributed by atoms with Gasteiger partial charge >= 0.3 is 11.9 Å². The lowest BCUT2D eigenvalue weighted by molar-refractivity contribution is -0.172. The number of unbranched alkanes of at least 4 members (excludes halogenated alkanes) is 2. The molecular formula is C56H74N2O12. The Labute approximate surface area is 413 Å². The maximum absolute atomic E-state index is 12.9. The summed E-state index contributed by atoms with van der Waals surface area (Å²) in [6.07, 6.45) is 9.06. The van der Waals surface area contributed by atoms with Crippen molar-refractivity contribution in [1.82, 2.24) is 10.6 Å². The Bertz CT molecular complexity index is 2170. The van der Waals surface area contributed by atoms with Crippen molar-refractivity contribution in [3.63, 3.8) is 0 Å². The number of hydrogen-bond donors (Lipinski definition) is 4. The molecule has 380 valence electrons. The molecule has 2 saturated heterocycles. The van der Waals surface area contributed by atoms with Gasteiger partial charge in [-0.2, -0.15) is 0 Å². The monoisotopic (exact) mass is 967 g/mol. The smallest absolute Gasteiger partial charge is 0.343 e. The summed E-state index contributed by atoms with van der Waals surface area (Å²) in [5, 5.41) is 24.6. The number of amides is 2. The number of aryl methyl sites for hydroxylation is 4. The average Bonchev–Trinajstić information content (AvgIpc) is 4.07. The number of hydrogen-bond acceptors (Lipinski definition) is 12. The Balaban J connectivity index is 0.000000265. The van der Waals surface area contributed by atoms with E-state index in [1.54, 1.807) is 13.8 Å². The normalized spacial score (nSPS) is 15.1. The zero-order chi connectivity index (χ0) is 50.3. The first-order chi connectivity index (χ1) is 33.9. The molecule has 0 bridgehead atoms. The zero-order valence-corrected chi connectivity index (χ0v) is 41.5. The first-order valence-corrected chi connectivity index (χ1v) is 24.8. The highest BCUT2D eigenvalue weighted by molar-refractivity contribution is 6.07. The minimum atomic E-state index is -1.91. The van der Waals surface area contributed by atoms with Gasteiger partial charge in [0.05, 0.1) is 58.4 Å². The number of esters is 2. The van der Waals surface area contributed by atoms with Crippen LogP contribution in [0.1, 0.15) is 112 Å². The van der Waals surface area contributed by atoms with Crippen LogP contribution in [0.5, 0.6) is 0 Å². The molecule has 2 aliphatic heterocycles. The Morgan fingerprint density at radius 2 is 0.886 bits per heavy atom. The number of aliphatic hydroxyl groups is 2. The van der Waals surface area contributed by atoms with E-state index >= 15 is 0 Å². The predicted octanol–water partition coefficient (Wildman–Crippen LogP) is 7.32. The molecule has 70 heavy (non-hydrogen) atoms. The molecule has 4 N–H and O–H groups in total. The van der Waals surface area contributed by atoms with Gasteiger partial charge in [-0.15, -0.1) is 0 Å². The van der Waals surface area contributed by atoms with E-state index in [2.05, 4.69) is 59.2 Å². The number of rotatable bonds is 26. The van der Waals surface area contributed by atoms with Gasteiger partial charge in [0.25, 0.3) is 0 Å². The Hall–Kier alpha value is -5.48. The van der Waals surface area contributed by atoms with Gasteiger partial charge < -0.3 is 49.3 Å². The van der Waals surface area contributed by atoms with Crippen molar-refractivity contribution >= 4 is 23.8 Å². The molecular weight excluding hydrogens is 893 g/mol.